The number of hydrogen-bond donors (Lipinski definition) is 0. The summed E-state index contributed by atoms with van der Waals surface area (Å²) < 4.78 is 37.9. The van der Waals surface area contributed by atoms with E-state index in [-0.39, 0.29) is 0 Å². The lowest BCUT2D eigenvalue weighted by Crippen LogP contribution is -1.84. The zero-order chi connectivity index (χ0) is 14.3. The lowest BCUT2D eigenvalue weighted by molar-refractivity contribution is 0.768. The maximum atomic E-state index is 7.61. The van der Waals surface area contributed by atoms with Gasteiger partial charge in [-0.2, -0.15) is 5.10 Å². The molecule has 0 amide bonds. The molecule has 0 saturated carbocycles. The number of aryl methyl sites for hydroxylation is 1. The second-order valence-corrected chi connectivity index (χ2v) is 3.25. The standard InChI is InChI=1S/C11H11BrN2/c1-14-8-11(7-13-14)10-4-2-3-9(5-10)6-12/h2-5,7-8H,6H2,1H3/i1D3,6D2. The molecule has 72 valence electrons. The van der Waals surface area contributed by atoms with Crippen LogP contribution in [0.2, 0.25) is 0 Å². The van der Waals surface area contributed by atoms with Gasteiger partial charge >= 0.3 is 0 Å². The number of aromatic nitrogens is 2. The summed E-state index contributed by atoms with van der Waals surface area (Å²) in [5, 5.41) is 2.18. The molecule has 2 nitrogen and oxygen atoms in total. The highest BCUT2D eigenvalue weighted by molar-refractivity contribution is 9.08. The van der Waals surface area contributed by atoms with Crippen molar-refractivity contribution in [3.8, 4) is 11.1 Å². The molecule has 14 heavy (non-hydrogen) atoms. The molecule has 0 bridgehead atoms. The normalized spacial score (nSPS) is 17.6. The van der Waals surface area contributed by atoms with Gasteiger partial charge in [0.15, 0.2) is 0 Å². The number of nitrogens with zero attached hydrogens (tertiary/aromatic N) is 2. The van der Waals surface area contributed by atoms with Gasteiger partial charge < -0.3 is 0 Å². The van der Waals surface area contributed by atoms with Gasteiger partial charge in [0.2, 0.25) is 0 Å². The van der Waals surface area contributed by atoms with E-state index in [1.807, 2.05) is 0 Å². The van der Waals surface area contributed by atoms with Crippen molar-refractivity contribution in [3.63, 3.8) is 0 Å². The highest BCUT2D eigenvalue weighted by Crippen LogP contribution is 2.20. The Kier molecular flexibility index (Phi) is 1.45. The lowest BCUT2D eigenvalue weighted by Gasteiger charge is -1.99. The van der Waals surface area contributed by atoms with Crippen LogP contribution >= 0.6 is 15.9 Å². The van der Waals surface area contributed by atoms with Crippen LogP contribution in [0.15, 0.2) is 36.7 Å². The van der Waals surface area contributed by atoms with Crippen LogP contribution in [0.3, 0.4) is 0 Å². The molecule has 0 saturated heterocycles. The molecule has 1 aromatic heterocycles. The van der Waals surface area contributed by atoms with Crippen LogP contribution in [-0.4, -0.2) is 9.78 Å². The van der Waals surface area contributed by atoms with E-state index in [1.165, 1.54) is 12.4 Å². The van der Waals surface area contributed by atoms with Gasteiger partial charge in [-0.05, 0) is 11.1 Å². The summed E-state index contributed by atoms with van der Waals surface area (Å²) in [5.41, 5.74) is 1.82. The van der Waals surface area contributed by atoms with Crippen LogP contribution in [-0.2, 0) is 12.3 Å². The van der Waals surface area contributed by atoms with Crippen molar-refractivity contribution in [2.24, 2.45) is 6.98 Å². The minimum atomic E-state index is -2.31. The Labute approximate surface area is 98.7 Å². The third-order valence-electron chi connectivity index (χ3n) is 1.89. The van der Waals surface area contributed by atoms with Crippen molar-refractivity contribution in [3.05, 3.63) is 42.2 Å². The molecule has 0 unspecified atom stereocenters. The predicted molar refractivity (Wildman–Crippen MR) is 61.3 cm³/mol. The molecule has 1 heterocycles. The van der Waals surface area contributed by atoms with Crippen molar-refractivity contribution in [1.29, 1.82) is 0 Å². The van der Waals surface area contributed by atoms with Crippen LogP contribution in [0.1, 0.15) is 12.4 Å². The highest BCUT2D eigenvalue weighted by Gasteiger charge is 2.00. The van der Waals surface area contributed by atoms with E-state index in [0.29, 0.717) is 11.1 Å². The molecular weight excluding hydrogens is 240 g/mol. The molecule has 0 fully saturated rings. The van der Waals surface area contributed by atoms with Crippen molar-refractivity contribution in [1.82, 2.24) is 9.78 Å². The monoisotopic (exact) mass is 255 g/mol. The molecule has 0 radical (unpaired) electrons. The summed E-state index contributed by atoms with van der Waals surface area (Å²) in [4.78, 5) is 0. The molecule has 0 aliphatic carbocycles. The second kappa shape index (κ2) is 3.96. The minimum absolute atomic E-state index is 0.464. The van der Waals surface area contributed by atoms with E-state index in [4.69, 9.17) is 6.85 Å². The summed E-state index contributed by atoms with van der Waals surface area (Å²) in [5.74, 6) is 0. The van der Waals surface area contributed by atoms with Crippen LogP contribution in [0.5, 0.6) is 0 Å². The SMILES string of the molecule is [2H]C([2H])(Br)c1cccc(-c2cnn(C([2H])([2H])[2H])c2)c1. The molecule has 1 aromatic carbocycles. The molecule has 0 aliphatic rings. The average Bonchev–Trinajstić information content (AvgIpc) is 2.77. The van der Waals surface area contributed by atoms with Gasteiger partial charge in [0.05, 0.1) is 6.20 Å². The first-order valence-corrected chi connectivity index (χ1v) is 4.82. The molecular formula is C11H11BrN2. The number of halogens is 1. The third kappa shape index (κ3) is 1.87. The van der Waals surface area contributed by atoms with Gasteiger partial charge in [0.25, 0.3) is 0 Å². The zero-order valence-corrected chi connectivity index (χ0v) is 8.82. The Bertz CT molecular complexity index is 585. The molecule has 2 aromatic rings. The average molecular weight is 256 g/mol. The molecule has 0 aliphatic heterocycles. The number of hydrogen-bond acceptors (Lipinski definition) is 1. The summed E-state index contributed by atoms with van der Waals surface area (Å²) >= 11 is 2.95. The van der Waals surface area contributed by atoms with Crippen molar-refractivity contribution >= 4 is 15.9 Å². The van der Waals surface area contributed by atoms with Crippen LogP contribution in [0.25, 0.3) is 11.1 Å². The molecule has 3 heteroatoms. The van der Waals surface area contributed by atoms with E-state index >= 15 is 0 Å². The fraction of sp³-hybridized carbons (Fsp3) is 0.182. The van der Waals surface area contributed by atoms with E-state index in [0.717, 1.165) is 10.2 Å². The van der Waals surface area contributed by atoms with Crippen molar-refractivity contribution < 1.29 is 6.85 Å². The van der Waals surface area contributed by atoms with E-state index < -0.39 is 12.3 Å². The Morgan fingerprint density at radius 1 is 1.57 bits per heavy atom. The fourth-order valence-electron chi connectivity index (χ4n) is 1.23. The first-order chi connectivity index (χ1) is 8.68. The predicted octanol–water partition coefficient (Wildman–Crippen LogP) is 2.98. The van der Waals surface area contributed by atoms with Gasteiger partial charge in [-0.25, -0.2) is 0 Å². The first kappa shape index (κ1) is 5.12. The third-order valence-corrected chi connectivity index (χ3v) is 2.35. The Balaban J connectivity index is 2.40. The maximum Gasteiger partial charge on any atom is 0.0568 e. The zero-order valence-electron chi connectivity index (χ0n) is 12.2. The largest absolute Gasteiger partial charge is 0.275 e. The number of rotatable bonds is 2. The van der Waals surface area contributed by atoms with Gasteiger partial charge in [0.1, 0.15) is 0 Å². The summed E-state index contributed by atoms with van der Waals surface area (Å²) in [6.45, 7) is -2.31. The van der Waals surface area contributed by atoms with Gasteiger partial charge in [0, 0.05) is 30.9 Å². The Morgan fingerprint density at radius 3 is 3.21 bits per heavy atom. The van der Waals surface area contributed by atoms with Crippen molar-refractivity contribution in [2.75, 3.05) is 0 Å². The maximum absolute atomic E-state index is 7.61. The lowest BCUT2D eigenvalue weighted by atomic mass is 10.1. The van der Waals surface area contributed by atoms with E-state index in [2.05, 4.69) is 21.0 Å². The van der Waals surface area contributed by atoms with E-state index in [1.54, 1.807) is 24.3 Å². The molecule has 2 rings (SSSR count). The molecule has 0 atom stereocenters. The minimum Gasteiger partial charge on any atom is -0.275 e. The van der Waals surface area contributed by atoms with Crippen LogP contribution < -0.4 is 0 Å². The Morgan fingerprint density at radius 2 is 2.50 bits per heavy atom. The van der Waals surface area contributed by atoms with Crippen LogP contribution in [0, 0.1) is 0 Å². The quantitative estimate of drug-likeness (QED) is 0.755. The van der Waals surface area contributed by atoms with Crippen LogP contribution in [0.4, 0.5) is 0 Å². The Hall–Kier alpha value is -1.09. The van der Waals surface area contributed by atoms with E-state index in [9.17, 15) is 0 Å². The summed E-state index contributed by atoms with van der Waals surface area (Å²) in [7, 11) is 0. The van der Waals surface area contributed by atoms with Crippen molar-refractivity contribution in [2.45, 2.75) is 5.28 Å². The van der Waals surface area contributed by atoms with Gasteiger partial charge in [-0.1, -0.05) is 40.2 Å². The molecule has 0 N–H and O–H groups in total. The second-order valence-electron chi connectivity index (χ2n) is 2.85. The highest BCUT2D eigenvalue weighted by atomic mass is 79.9. The van der Waals surface area contributed by atoms with Gasteiger partial charge in [-0.15, -0.1) is 0 Å². The first-order valence-electron chi connectivity index (χ1n) is 6.53. The number of alkyl halides is 1. The van der Waals surface area contributed by atoms with Gasteiger partial charge in [-0.3, -0.25) is 4.68 Å². The smallest absolute Gasteiger partial charge is 0.0568 e. The molecule has 0 spiro atoms. The topological polar surface area (TPSA) is 17.8 Å². The number of benzene rings is 1. The fourth-order valence-corrected chi connectivity index (χ4v) is 1.48. The summed E-state index contributed by atoms with van der Waals surface area (Å²) in [6, 6.07) is 6.82. The summed E-state index contributed by atoms with van der Waals surface area (Å²) in [6.07, 6.45) is 2.88.